The van der Waals surface area contributed by atoms with Crippen molar-refractivity contribution in [3.8, 4) is 11.5 Å². The van der Waals surface area contributed by atoms with Crippen molar-refractivity contribution in [2.45, 2.75) is 12.5 Å². The van der Waals surface area contributed by atoms with Crippen LogP contribution in [0.4, 0.5) is 11.5 Å². The van der Waals surface area contributed by atoms with Crippen molar-refractivity contribution in [2.24, 2.45) is 0 Å². The molecule has 0 radical (unpaired) electrons. The van der Waals surface area contributed by atoms with E-state index in [9.17, 15) is 9.59 Å². The molecule has 2 amide bonds. The van der Waals surface area contributed by atoms with Gasteiger partial charge in [-0.25, -0.2) is 4.98 Å². The smallest absolute Gasteiger partial charge is 0.255 e. The summed E-state index contributed by atoms with van der Waals surface area (Å²) in [6.07, 6.45) is 3.77. The lowest BCUT2D eigenvalue weighted by Crippen LogP contribution is -2.30. The van der Waals surface area contributed by atoms with E-state index in [-0.39, 0.29) is 17.9 Å². The molecule has 9 heteroatoms. The zero-order chi connectivity index (χ0) is 24.2. The Labute approximate surface area is 201 Å². The second kappa shape index (κ2) is 9.68. The highest BCUT2D eigenvalue weighted by Crippen LogP contribution is 2.33. The number of benzene rings is 2. The van der Waals surface area contributed by atoms with E-state index in [0.717, 1.165) is 12.1 Å². The summed E-state index contributed by atoms with van der Waals surface area (Å²) in [6.45, 7) is 4.79. The third kappa shape index (κ3) is 4.84. The first-order chi connectivity index (χ1) is 17.1. The predicted octanol–water partition coefficient (Wildman–Crippen LogP) is 4.20. The van der Waals surface area contributed by atoms with Gasteiger partial charge in [-0.3, -0.25) is 14.7 Å². The molecule has 5 rings (SSSR count). The Morgan fingerprint density at radius 2 is 1.91 bits per heavy atom. The van der Waals surface area contributed by atoms with E-state index < -0.39 is 0 Å². The number of fused-ring (bicyclic) bond motifs is 1. The molecule has 1 atom stereocenters. The molecule has 0 bridgehead atoms. The highest BCUT2D eigenvalue weighted by Gasteiger charge is 2.26. The van der Waals surface area contributed by atoms with Crippen LogP contribution in [-0.2, 0) is 4.79 Å². The predicted molar refractivity (Wildman–Crippen MR) is 134 cm³/mol. The summed E-state index contributed by atoms with van der Waals surface area (Å²) in [5.41, 5.74) is 1.84. The van der Waals surface area contributed by atoms with E-state index in [1.165, 1.54) is 6.08 Å². The summed E-state index contributed by atoms with van der Waals surface area (Å²) in [5, 5.41) is 14.3. The van der Waals surface area contributed by atoms with Crippen molar-refractivity contribution in [1.82, 2.24) is 20.1 Å². The number of hydrogen-bond acceptors (Lipinski definition) is 6. The van der Waals surface area contributed by atoms with E-state index in [2.05, 4.69) is 32.4 Å². The molecule has 176 valence electrons. The molecule has 4 aromatic rings. The number of likely N-dealkylation sites (tertiary alicyclic amines) is 1. The van der Waals surface area contributed by atoms with Crippen LogP contribution in [0.2, 0.25) is 0 Å². The second-order valence-electron chi connectivity index (χ2n) is 8.17. The van der Waals surface area contributed by atoms with Gasteiger partial charge < -0.3 is 20.3 Å². The number of rotatable bonds is 7. The third-order valence-electron chi connectivity index (χ3n) is 5.81. The molecule has 0 saturated carbocycles. The van der Waals surface area contributed by atoms with E-state index in [4.69, 9.17) is 4.74 Å². The number of H-pyrrole nitrogens is 1. The number of nitrogens with zero attached hydrogens (tertiary/aromatic N) is 3. The summed E-state index contributed by atoms with van der Waals surface area (Å²) in [7, 11) is 0. The molecule has 2 aromatic heterocycles. The van der Waals surface area contributed by atoms with Crippen LogP contribution in [0.15, 0.2) is 79.5 Å². The standard InChI is InChI=1S/C26H24N6O3/c1-2-22(33)32-15-13-19(16-32)28-25-23-21(12-14-27-24(23)30-31-25)35-20-10-8-17(9-11-20)26(34)29-18-6-4-3-5-7-18/h2-12,14,19H,1,13,15-16H2,(H,29,34)(H2,27,28,30,31). The third-order valence-corrected chi connectivity index (χ3v) is 5.81. The Hall–Kier alpha value is -4.66. The van der Waals surface area contributed by atoms with E-state index in [1.54, 1.807) is 41.4 Å². The fourth-order valence-corrected chi connectivity index (χ4v) is 4.04. The van der Waals surface area contributed by atoms with Crippen LogP contribution in [0.3, 0.4) is 0 Å². The van der Waals surface area contributed by atoms with Gasteiger partial charge in [0.05, 0.1) is 0 Å². The summed E-state index contributed by atoms with van der Waals surface area (Å²) in [5.74, 6) is 1.48. The molecule has 35 heavy (non-hydrogen) atoms. The molecule has 1 aliphatic rings. The van der Waals surface area contributed by atoms with E-state index in [1.807, 2.05) is 30.3 Å². The Balaban J connectivity index is 1.30. The van der Waals surface area contributed by atoms with Crippen molar-refractivity contribution in [2.75, 3.05) is 23.7 Å². The van der Waals surface area contributed by atoms with Crippen molar-refractivity contribution in [3.05, 3.63) is 85.1 Å². The maximum atomic E-state index is 12.5. The lowest BCUT2D eigenvalue weighted by molar-refractivity contribution is -0.125. The SMILES string of the molecule is C=CC(=O)N1CCC(Nc2n[nH]c3nccc(Oc4ccc(C(=O)Nc5ccccc5)cc4)c23)C1. The number of ether oxygens (including phenoxy) is 1. The molecular weight excluding hydrogens is 444 g/mol. The van der Waals surface area contributed by atoms with Gasteiger partial charge in [0.15, 0.2) is 11.5 Å². The molecule has 2 aromatic carbocycles. The maximum Gasteiger partial charge on any atom is 0.255 e. The Bertz CT molecular complexity index is 1370. The Kier molecular flexibility index (Phi) is 6.13. The van der Waals surface area contributed by atoms with Crippen molar-refractivity contribution >= 4 is 34.4 Å². The van der Waals surface area contributed by atoms with Gasteiger partial charge in [-0.2, -0.15) is 5.10 Å². The van der Waals surface area contributed by atoms with Gasteiger partial charge in [-0.05, 0) is 48.9 Å². The van der Waals surface area contributed by atoms with Gasteiger partial charge >= 0.3 is 0 Å². The number of nitrogens with one attached hydrogen (secondary N) is 3. The zero-order valence-electron chi connectivity index (χ0n) is 18.9. The van der Waals surface area contributed by atoms with Crippen LogP contribution >= 0.6 is 0 Å². The lowest BCUT2D eigenvalue weighted by Gasteiger charge is -2.15. The molecule has 0 spiro atoms. The zero-order valence-corrected chi connectivity index (χ0v) is 18.9. The normalized spacial score (nSPS) is 15.1. The van der Waals surface area contributed by atoms with Crippen LogP contribution in [0.5, 0.6) is 11.5 Å². The summed E-state index contributed by atoms with van der Waals surface area (Å²) in [4.78, 5) is 30.5. The van der Waals surface area contributed by atoms with E-state index in [0.29, 0.717) is 47.0 Å². The van der Waals surface area contributed by atoms with Gasteiger partial charge in [0.2, 0.25) is 5.91 Å². The topological polar surface area (TPSA) is 112 Å². The molecule has 1 saturated heterocycles. The van der Waals surface area contributed by atoms with Crippen LogP contribution in [0.25, 0.3) is 11.0 Å². The number of amides is 2. The first kappa shape index (κ1) is 22.1. The molecule has 9 nitrogen and oxygen atoms in total. The Morgan fingerprint density at radius 1 is 1.11 bits per heavy atom. The highest BCUT2D eigenvalue weighted by molar-refractivity contribution is 6.04. The number of pyridine rings is 1. The largest absolute Gasteiger partial charge is 0.456 e. The summed E-state index contributed by atoms with van der Waals surface area (Å²) >= 11 is 0. The van der Waals surface area contributed by atoms with Crippen LogP contribution in [-0.4, -0.2) is 51.0 Å². The highest BCUT2D eigenvalue weighted by atomic mass is 16.5. The average molecular weight is 469 g/mol. The maximum absolute atomic E-state index is 12.5. The van der Waals surface area contributed by atoms with Gasteiger partial charge in [-0.1, -0.05) is 24.8 Å². The Morgan fingerprint density at radius 3 is 2.69 bits per heavy atom. The molecule has 3 heterocycles. The minimum absolute atomic E-state index is 0.0564. The molecular formula is C26H24N6O3. The minimum Gasteiger partial charge on any atom is -0.456 e. The van der Waals surface area contributed by atoms with Gasteiger partial charge in [-0.15, -0.1) is 0 Å². The number of hydrogen-bond donors (Lipinski definition) is 3. The number of anilines is 2. The molecule has 1 fully saturated rings. The minimum atomic E-state index is -0.198. The lowest BCUT2D eigenvalue weighted by atomic mass is 10.2. The number of carbonyl (C=O) groups is 2. The number of para-hydroxylation sites is 1. The molecule has 0 aliphatic carbocycles. The van der Waals surface area contributed by atoms with Crippen LogP contribution in [0.1, 0.15) is 16.8 Å². The monoisotopic (exact) mass is 468 g/mol. The van der Waals surface area contributed by atoms with Crippen molar-refractivity contribution in [3.63, 3.8) is 0 Å². The summed E-state index contributed by atoms with van der Waals surface area (Å²) < 4.78 is 6.14. The summed E-state index contributed by atoms with van der Waals surface area (Å²) in [6, 6.07) is 18.0. The quantitative estimate of drug-likeness (QED) is 0.351. The number of carbonyl (C=O) groups excluding carboxylic acids is 2. The molecule has 3 N–H and O–H groups in total. The number of aromatic amines is 1. The molecule has 1 unspecified atom stereocenters. The first-order valence-corrected chi connectivity index (χ1v) is 11.3. The number of aromatic nitrogens is 3. The van der Waals surface area contributed by atoms with Gasteiger partial charge in [0, 0.05) is 42.6 Å². The average Bonchev–Trinajstić information content (AvgIpc) is 3.53. The fourth-order valence-electron chi connectivity index (χ4n) is 4.04. The first-order valence-electron chi connectivity index (χ1n) is 11.3. The fraction of sp³-hybridized carbons (Fsp3) is 0.154. The second-order valence-corrected chi connectivity index (χ2v) is 8.17. The van der Waals surface area contributed by atoms with Crippen molar-refractivity contribution in [1.29, 1.82) is 0 Å². The van der Waals surface area contributed by atoms with Gasteiger partial charge in [0.25, 0.3) is 5.91 Å². The van der Waals surface area contributed by atoms with Crippen molar-refractivity contribution < 1.29 is 14.3 Å². The van der Waals surface area contributed by atoms with Crippen LogP contribution in [0, 0.1) is 0 Å². The van der Waals surface area contributed by atoms with E-state index >= 15 is 0 Å². The van der Waals surface area contributed by atoms with Crippen LogP contribution < -0.4 is 15.4 Å². The molecule has 1 aliphatic heterocycles. The van der Waals surface area contributed by atoms with Gasteiger partial charge in [0.1, 0.15) is 16.9 Å².